The van der Waals surface area contributed by atoms with Gasteiger partial charge in [-0.3, -0.25) is 4.79 Å². The Hall–Kier alpha value is -1.62. The molecule has 0 bridgehead atoms. The molecule has 0 saturated carbocycles. The quantitative estimate of drug-likeness (QED) is 0.621. The number of halogens is 3. The van der Waals surface area contributed by atoms with Gasteiger partial charge in [-0.25, -0.2) is 0 Å². The average Bonchev–Trinajstić information content (AvgIpc) is 2.58. The molecule has 1 aliphatic rings. The van der Waals surface area contributed by atoms with E-state index in [0.29, 0.717) is 28.0 Å². The van der Waals surface area contributed by atoms with E-state index < -0.39 is 0 Å². The second kappa shape index (κ2) is 7.95. The minimum atomic E-state index is -0.309. The molecular weight excluding hydrogens is 393 g/mol. The molecule has 2 aromatic carbocycles. The molecule has 1 heterocycles. The molecule has 4 nitrogen and oxygen atoms in total. The maximum atomic E-state index is 13.0. The summed E-state index contributed by atoms with van der Waals surface area (Å²) in [7, 11) is 0. The van der Waals surface area contributed by atoms with Crippen LogP contribution in [0.5, 0.6) is 0 Å². The first-order chi connectivity index (χ1) is 12.4. The smallest absolute Gasteiger partial charge is 0.257 e. The van der Waals surface area contributed by atoms with Crippen molar-refractivity contribution in [2.45, 2.75) is 32.2 Å². The second-order valence-corrected chi connectivity index (χ2v) is 7.76. The maximum absolute atomic E-state index is 13.0. The Morgan fingerprint density at radius 1 is 1.15 bits per heavy atom. The fraction of sp³-hybridized carbons (Fsp3) is 0.316. The van der Waals surface area contributed by atoms with Crippen LogP contribution in [0.4, 0.5) is 17.1 Å². The van der Waals surface area contributed by atoms with E-state index in [9.17, 15) is 4.79 Å². The molecule has 0 aliphatic carbocycles. The first kappa shape index (κ1) is 19.2. The number of carbonyl (C=O) groups is 1. The van der Waals surface area contributed by atoms with Gasteiger partial charge in [0.05, 0.1) is 21.3 Å². The number of nitrogen functional groups attached to an aromatic ring is 1. The number of amides is 1. The van der Waals surface area contributed by atoms with Crippen LogP contribution in [0.3, 0.4) is 0 Å². The summed E-state index contributed by atoms with van der Waals surface area (Å²) in [6, 6.07) is 8.84. The normalized spacial score (nSPS) is 17.2. The van der Waals surface area contributed by atoms with E-state index in [4.69, 9.17) is 40.5 Å². The molecule has 1 fully saturated rings. The summed E-state index contributed by atoms with van der Waals surface area (Å²) in [6.45, 7) is 3.08. The van der Waals surface area contributed by atoms with Gasteiger partial charge in [-0.15, -0.1) is 0 Å². The van der Waals surface area contributed by atoms with Gasteiger partial charge in [0.2, 0.25) is 0 Å². The van der Waals surface area contributed by atoms with Crippen molar-refractivity contribution in [3.8, 4) is 0 Å². The molecule has 1 atom stereocenters. The van der Waals surface area contributed by atoms with Crippen molar-refractivity contribution in [3.63, 3.8) is 0 Å². The second-order valence-electron chi connectivity index (χ2n) is 6.51. The van der Waals surface area contributed by atoms with Crippen molar-refractivity contribution in [2.75, 3.05) is 22.5 Å². The molecule has 0 radical (unpaired) electrons. The van der Waals surface area contributed by atoms with Crippen LogP contribution >= 0.6 is 34.8 Å². The molecule has 3 rings (SSSR count). The third kappa shape index (κ3) is 4.03. The first-order valence-corrected chi connectivity index (χ1v) is 9.62. The van der Waals surface area contributed by atoms with Gasteiger partial charge in [-0.1, -0.05) is 34.8 Å². The van der Waals surface area contributed by atoms with Gasteiger partial charge < -0.3 is 16.0 Å². The zero-order valence-electron chi connectivity index (χ0n) is 14.4. The highest BCUT2D eigenvalue weighted by molar-refractivity contribution is 6.42. The van der Waals surface area contributed by atoms with Crippen LogP contribution in [-0.2, 0) is 0 Å². The van der Waals surface area contributed by atoms with E-state index in [1.54, 1.807) is 6.07 Å². The average molecular weight is 413 g/mol. The standard InChI is InChI=1S/C19H20Cl3N3O/c1-11-4-2-3-7-25(11)17-6-5-13(23)10-14(17)19(26)24-18-15(21)8-12(20)9-16(18)22/h5-6,8-11H,2-4,7,23H2,1H3,(H,24,26)/t11-/m0/s1. The number of nitrogens with two attached hydrogens (primary N) is 1. The predicted octanol–water partition coefficient (Wildman–Crippen LogP) is 5.86. The number of hydrogen-bond acceptors (Lipinski definition) is 3. The minimum absolute atomic E-state index is 0.285. The van der Waals surface area contributed by atoms with Gasteiger partial charge in [0.1, 0.15) is 0 Å². The molecule has 138 valence electrons. The number of anilines is 3. The van der Waals surface area contributed by atoms with Crippen LogP contribution in [0.25, 0.3) is 0 Å². The molecule has 0 unspecified atom stereocenters. The third-order valence-corrected chi connectivity index (χ3v) is 5.44. The highest BCUT2D eigenvalue weighted by Crippen LogP contribution is 2.35. The van der Waals surface area contributed by atoms with E-state index in [-0.39, 0.29) is 16.0 Å². The summed E-state index contributed by atoms with van der Waals surface area (Å²) >= 11 is 18.3. The topological polar surface area (TPSA) is 58.4 Å². The fourth-order valence-electron chi connectivity index (χ4n) is 3.28. The van der Waals surface area contributed by atoms with Crippen molar-refractivity contribution in [3.05, 3.63) is 51.0 Å². The summed E-state index contributed by atoms with van der Waals surface area (Å²) in [6.07, 6.45) is 3.40. The van der Waals surface area contributed by atoms with Crippen molar-refractivity contribution < 1.29 is 4.79 Å². The number of piperidine rings is 1. The number of nitrogens with zero attached hydrogens (tertiary/aromatic N) is 1. The molecule has 0 spiro atoms. The molecule has 1 aliphatic heterocycles. The number of rotatable bonds is 3. The predicted molar refractivity (Wildman–Crippen MR) is 111 cm³/mol. The molecule has 3 N–H and O–H groups in total. The Balaban J connectivity index is 1.96. The Morgan fingerprint density at radius 3 is 2.50 bits per heavy atom. The van der Waals surface area contributed by atoms with Crippen molar-refractivity contribution in [1.29, 1.82) is 0 Å². The van der Waals surface area contributed by atoms with Crippen LogP contribution in [0, 0.1) is 0 Å². The fourth-order valence-corrected chi connectivity index (χ4v) is 4.20. The monoisotopic (exact) mass is 411 g/mol. The molecule has 1 amide bonds. The lowest BCUT2D eigenvalue weighted by atomic mass is 10.0. The Labute approximate surface area is 168 Å². The minimum Gasteiger partial charge on any atom is -0.399 e. The lowest BCUT2D eigenvalue weighted by Crippen LogP contribution is -2.38. The van der Waals surface area contributed by atoms with Crippen LogP contribution in [0.1, 0.15) is 36.5 Å². The van der Waals surface area contributed by atoms with Crippen LogP contribution in [0.15, 0.2) is 30.3 Å². The SMILES string of the molecule is C[C@H]1CCCCN1c1ccc(N)cc1C(=O)Nc1c(Cl)cc(Cl)cc1Cl. The summed E-state index contributed by atoms with van der Waals surface area (Å²) in [5.74, 6) is -0.309. The van der Waals surface area contributed by atoms with E-state index in [0.717, 1.165) is 25.1 Å². The molecular formula is C19H20Cl3N3O. The molecule has 7 heteroatoms. The van der Waals surface area contributed by atoms with E-state index in [1.807, 2.05) is 12.1 Å². The van der Waals surface area contributed by atoms with Gasteiger partial charge in [0.25, 0.3) is 5.91 Å². The van der Waals surface area contributed by atoms with Crippen molar-refractivity contribution in [2.24, 2.45) is 0 Å². The number of carbonyl (C=O) groups excluding carboxylic acids is 1. The lowest BCUT2D eigenvalue weighted by Gasteiger charge is -2.36. The lowest BCUT2D eigenvalue weighted by molar-refractivity contribution is 0.102. The number of nitrogens with one attached hydrogen (secondary N) is 1. The zero-order valence-corrected chi connectivity index (χ0v) is 16.6. The summed E-state index contributed by atoms with van der Waals surface area (Å²) in [5, 5.41) is 3.78. The van der Waals surface area contributed by atoms with Crippen LogP contribution in [-0.4, -0.2) is 18.5 Å². The third-order valence-electron chi connectivity index (χ3n) is 4.62. The number of hydrogen-bond donors (Lipinski definition) is 2. The number of benzene rings is 2. The largest absolute Gasteiger partial charge is 0.399 e. The van der Waals surface area contributed by atoms with Crippen LogP contribution in [0.2, 0.25) is 15.1 Å². The van der Waals surface area contributed by atoms with Gasteiger partial charge in [0, 0.05) is 29.0 Å². The molecule has 0 aromatic heterocycles. The van der Waals surface area contributed by atoms with Gasteiger partial charge >= 0.3 is 0 Å². The summed E-state index contributed by atoms with van der Waals surface area (Å²) < 4.78 is 0. The molecule has 2 aromatic rings. The summed E-state index contributed by atoms with van der Waals surface area (Å²) in [4.78, 5) is 15.2. The molecule has 1 saturated heterocycles. The highest BCUT2D eigenvalue weighted by atomic mass is 35.5. The van der Waals surface area contributed by atoms with Gasteiger partial charge in [0.15, 0.2) is 0 Å². The Morgan fingerprint density at radius 2 is 1.85 bits per heavy atom. The van der Waals surface area contributed by atoms with E-state index in [2.05, 4.69) is 17.1 Å². The Bertz CT molecular complexity index is 818. The molecule has 26 heavy (non-hydrogen) atoms. The van der Waals surface area contributed by atoms with Gasteiger partial charge in [-0.05, 0) is 56.5 Å². The van der Waals surface area contributed by atoms with Crippen molar-refractivity contribution in [1.82, 2.24) is 0 Å². The van der Waals surface area contributed by atoms with Crippen molar-refractivity contribution >= 4 is 57.8 Å². The van der Waals surface area contributed by atoms with E-state index >= 15 is 0 Å². The zero-order chi connectivity index (χ0) is 18.8. The first-order valence-electron chi connectivity index (χ1n) is 8.49. The van der Waals surface area contributed by atoms with Crippen LogP contribution < -0.4 is 16.0 Å². The maximum Gasteiger partial charge on any atom is 0.257 e. The van der Waals surface area contributed by atoms with E-state index in [1.165, 1.54) is 18.6 Å². The highest BCUT2D eigenvalue weighted by Gasteiger charge is 2.24. The van der Waals surface area contributed by atoms with Gasteiger partial charge in [-0.2, -0.15) is 0 Å². The summed E-state index contributed by atoms with van der Waals surface area (Å²) in [5.41, 5.74) is 8.16. The Kier molecular flexibility index (Phi) is 5.86.